The highest BCUT2D eigenvalue weighted by Crippen LogP contribution is 2.46. The lowest BCUT2D eigenvalue weighted by molar-refractivity contribution is -0.253. The van der Waals surface area contributed by atoms with Crippen LogP contribution in [0.1, 0.15) is 80.8 Å². The third-order valence-electron chi connectivity index (χ3n) is 6.25. The molecule has 0 fully saturated rings. The van der Waals surface area contributed by atoms with Gasteiger partial charge in [0.25, 0.3) is 0 Å². The molecule has 2 aromatic rings. The van der Waals surface area contributed by atoms with E-state index < -0.39 is 0 Å². The van der Waals surface area contributed by atoms with Gasteiger partial charge in [0.15, 0.2) is 0 Å². The van der Waals surface area contributed by atoms with Crippen molar-refractivity contribution < 1.29 is 10.1 Å². The summed E-state index contributed by atoms with van der Waals surface area (Å²) in [6.07, 6.45) is 4.77. The molecule has 0 heterocycles. The lowest BCUT2D eigenvalue weighted by Crippen LogP contribution is -2.34. The molecule has 2 aromatic carbocycles. The van der Waals surface area contributed by atoms with Crippen LogP contribution in [0.3, 0.4) is 0 Å². The summed E-state index contributed by atoms with van der Waals surface area (Å²) in [6, 6.07) is 13.0. The van der Waals surface area contributed by atoms with Gasteiger partial charge < -0.3 is 0 Å². The molecule has 2 nitrogen and oxygen atoms in total. The number of benzene rings is 2. The first-order chi connectivity index (χ1) is 12.6. The zero-order valence-corrected chi connectivity index (χ0v) is 17.5. The van der Waals surface area contributed by atoms with Gasteiger partial charge in [-0.3, -0.25) is 5.26 Å². The molecule has 2 heteroatoms. The second-order valence-corrected chi connectivity index (χ2v) is 9.32. The van der Waals surface area contributed by atoms with Gasteiger partial charge in [-0.2, -0.15) is 0 Å². The monoisotopic (exact) mass is 364 g/mol. The highest BCUT2D eigenvalue weighted by Gasteiger charge is 2.37. The Bertz CT molecular complexity index is 855. The van der Waals surface area contributed by atoms with Crippen LogP contribution in [0.15, 0.2) is 36.4 Å². The third kappa shape index (κ3) is 4.02. The SMILES string of the molecule is CC(=Cc1cc2c(cc1C)C(C)(C)CCC2(C)C)c1ccc(COO)cc1. The maximum Gasteiger partial charge on any atom is 0.107 e. The average Bonchev–Trinajstić information content (AvgIpc) is 2.61. The molecule has 0 saturated carbocycles. The Morgan fingerprint density at radius 2 is 1.56 bits per heavy atom. The summed E-state index contributed by atoms with van der Waals surface area (Å²) >= 11 is 0. The van der Waals surface area contributed by atoms with Gasteiger partial charge in [0.1, 0.15) is 6.61 Å². The lowest BCUT2D eigenvalue weighted by atomic mass is 9.62. The van der Waals surface area contributed by atoms with Crippen molar-refractivity contribution in [3.05, 3.63) is 69.8 Å². The summed E-state index contributed by atoms with van der Waals surface area (Å²) in [7, 11) is 0. The van der Waals surface area contributed by atoms with E-state index in [9.17, 15) is 0 Å². The highest BCUT2D eigenvalue weighted by molar-refractivity contribution is 5.81. The predicted octanol–water partition coefficient (Wildman–Crippen LogP) is 6.89. The lowest BCUT2D eigenvalue weighted by Gasteiger charge is -2.42. The van der Waals surface area contributed by atoms with Crippen LogP contribution < -0.4 is 0 Å². The van der Waals surface area contributed by atoms with E-state index in [0.717, 1.165) is 5.56 Å². The van der Waals surface area contributed by atoms with Crippen LogP contribution in [0.4, 0.5) is 0 Å². The van der Waals surface area contributed by atoms with Gasteiger partial charge in [-0.25, -0.2) is 4.89 Å². The summed E-state index contributed by atoms with van der Waals surface area (Å²) in [6.45, 7) is 14.1. The molecule has 0 bridgehead atoms. The third-order valence-corrected chi connectivity index (χ3v) is 6.25. The summed E-state index contributed by atoms with van der Waals surface area (Å²) in [5.74, 6) is 0. The Hall–Kier alpha value is -1.90. The number of fused-ring (bicyclic) bond motifs is 1. The highest BCUT2D eigenvalue weighted by atomic mass is 17.1. The zero-order valence-electron chi connectivity index (χ0n) is 17.5. The Morgan fingerprint density at radius 3 is 2.11 bits per heavy atom. The van der Waals surface area contributed by atoms with E-state index in [-0.39, 0.29) is 17.4 Å². The van der Waals surface area contributed by atoms with E-state index in [1.165, 1.54) is 46.2 Å². The Morgan fingerprint density at radius 1 is 1.00 bits per heavy atom. The number of aryl methyl sites for hydroxylation is 1. The second kappa shape index (κ2) is 7.26. The number of hydrogen-bond donors (Lipinski definition) is 1. The van der Waals surface area contributed by atoms with Gasteiger partial charge >= 0.3 is 0 Å². The molecule has 0 saturated heterocycles. The van der Waals surface area contributed by atoms with E-state index in [4.69, 9.17) is 5.26 Å². The minimum Gasteiger partial charge on any atom is -0.251 e. The van der Waals surface area contributed by atoms with Crippen molar-refractivity contribution in [2.24, 2.45) is 0 Å². The van der Waals surface area contributed by atoms with Crippen LogP contribution >= 0.6 is 0 Å². The van der Waals surface area contributed by atoms with Crippen molar-refractivity contribution in [3.63, 3.8) is 0 Å². The van der Waals surface area contributed by atoms with Crippen LogP contribution in [0.25, 0.3) is 11.6 Å². The Labute approximate surface area is 163 Å². The van der Waals surface area contributed by atoms with Gasteiger partial charge in [0, 0.05) is 0 Å². The van der Waals surface area contributed by atoms with Crippen LogP contribution in [-0.4, -0.2) is 5.26 Å². The van der Waals surface area contributed by atoms with Gasteiger partial charge in [0.2, 0.25) is 0 Å². The second-order valence-electron chi connectivity index (χ2n) is 9.32. The van der Waals surface area contributed by atoms with Crippen LogP contribution in [0.5, 0.6) is 0 Å². The largest absolute Gasteiger partial charge is 0.251 e. The van der Waals surface area contributed by atoms with Crippen molar-refractivity contribution in [1.29, 1.82) is 0 Å². The van der Waals surface area contributed by atoms with E-state index in [1.54, 1.807) is 0 Å². The molecule has 1 aliphatic carbocycles. The molecule has 0 aromatic heterocycles. The fourth-order valence-corrected chi connectivity index (χ4v) is 4.15. The molecule has 3 rings (SSSR count). The van der Waals surface area contributed by atoms with E-state index in [1.807, 2.05) is 12.1 Å². The molecule has 27 heavy (non-hydrogen) atoms. The minimum absolute atomic E-state index is 0.220. The van der Waals surface area contributed by atoms with Gasteiger partial charge in [0.05, 0.1) is 0 Å². The van der Waals surface area contributed by atoms with Crippen molar-refractivity contribution in [1.82, 2.24) is 0 Å². The van der Waals surface area contributed by atoms with Gasteiger partial charge in [-0.1, -0.05) is 70.2 Å². The van der Waals surface area contributed by atoms with Crippen LogP contribution in [0, 0.1) is 6.92 Å². The first kappa shape index (κ1) is 19.9. The van der Waals surface area contributed by atoms with E-state index >= 15 is 0 Å². The van der Waals surface area contributed by atoms with Crippen molar-refractivity contribution in [2.75, 3.05) is 0 Å². The molecule has 0 atom stereocenters. The Kier molecular flexibility index (Phi) is 5.33. The quantitative estimate of drug-likeness (QED) is 0.363. The van der Waals surface area contributed by atoms with Crippen LogP contribution in [0.2, 0.25) is 0 Å². The van der Waals surface area contributed by atoms with Crippen LogP contribution in [-0.2, 0) is 22.3 Å². The summed E-state index contributed by atoms with van der Waals surface area (Å²) in [5, 5.41) is 8.59. The molecular formula is C25H32O2. The number of allylic oxidation sites excluding steroid dienone is 1. The van der Waals surface area contributed by atoms with Crippen molar-refractivity contribution >= 4 is 11.6 Å². The fraction of sp³-hybridized carbons (Fsp3) is 0.440. The maximum absolute atomic E-state index is 8.59. The molecular weight excluding hydrogens is 332 g/mol. The summed E-state index contributed by atoms with van der Waals surface area (Å²) in [4.78, 5) is 4.21. The average molecular weight is 365 g/mol. The predicted molar refractivity (Wildman–Crippen MR) is 114 cm³/mol. The molecule has 0 spiro atoms. The molecule has 0 radical (unpaired) electrons. The van der Waals surface area contributed by atoms with Gasteiger partial charge in [-0.05, 0) is 76.5 Å². The molecule has 0 amide bonds. The van der Waals surface area contributed by atoms with Crippen molar-refractivity contribution in [3.8, 4) is 0 Å². The fourth-order valence-electron chi connectivity index (χ4n) is 4.15. The van der Waals surface area contributed by atoms with E-state index in [2.05, 4.69) is 76.8 Å². The summed E-state index contributed by atoms with van der Waals surface area (Å²) in [5.41, 5.74) is 9.51. The molecule has 1 N–H and O–H groups in total. The molecule has 0 unspecified atom stereocenters. The summed E-state index contributed by atoms with van der Waals surface area (Å²) < 4.78 is 0. The number of rotatable bonds is 4. The zero-order chi connectivity index (χ0) is 19.8. The van der Waals surface area contributed by atoms with Gasteiger partial charge in [-0.15, -0.1) is 0 Å². The van der Waals surface area contributed by atoms with Crippen molar-refractivity contribution in [2.45, 2.75) is 71.8 Å². The minimum atomic E-state index is 0.220. The maximum atomic E-state index is 8.59. The smallest absolute Gasteiger partial charge is 0.107 e. The molecule has 1 aliphatic rings. The standard InChI is InChI=1S/C25H32O2/c1-17(20-9-7-19(8-10-20)16-27-26)13-21-15-23-22(14-18(21)2)24(3,4)11-12-25(23,5)6/h7-10,13-15,26H,11-12,16H2,1-6H3. The molecule has 144 valence electrons. The first-order valence-corrected chi connectivity index (χ1v) is 9.84. The normalized spacial score (nSPS) is 18.3. The topological polar surface area (TPSA) is 29.5 Å². The van der Waals surface area contributed by atoms with E-state index in [0.29, 0.717) is 0 Å². The first-order valence-electron chi connectivity index (χ1n) is 9.84. The Balaban J connectivity index is 2.01. The molecule has 0 aliphatic heterocycles. The number of hydrogen-bond acceptors (Lipinski definition) is 2.